The van der Waals surface area contributed by atoms with Crippen molar-refractivity contribution in [2.75, 3.05) is 5.32 Å². The molecule has 98 valence electrons. The van der Waals surface area contributed by atoms with Crippen LogP contribution in [0.3, 0.4) is 0 Å². The van der Waals surface area contributed by atoms with Crippen molar-refractivity contribution in [3.63, 3.8) is 0 Å². The minimum Gasteiger partial charge on any atom is -0.322 e. The molecule has 0 heterocycles. The number of carbonyl (C=O) groups is 1. The summed E-state index contributed by atoms with van der Waals surface area (Å²) in [6, 6.07) is 9.09. The first kappa shape index (κ1) is 13.8. The van der Waals surface area contributed by atoms with Gasteiger partial charge in [-0.3, -0.25) is 4.79 Å². The number of anilines is 1. The van der Waals surface area contributed by atoms with E-state index in [1.807, 2.05) is 0 Å². The highest BCUT2D eigenvalue weighted by molar-refractivity contribution is 6.42. The van der Waals surface area contributed by atoms with Crippen LogP contribution in [0.1, 0.15) is 15.9 Å². The summed E-state index contributed by atoms with van der Waals surface area (Å²) >= 11 is 11.6. The molecule has 2 rings (SSSR count). The average Bonchev–Trinajstić information content (AvgIpc) is 2.33. The summed E-state index contributed by atoms with van der Waals surface area (Å²) in [6.07, 6.45) is 0. The summed E-state index contributed by atoms with van der Waals surface area (Å²) in [7, 11) is 0. The van der Waals surface area contributed by atoms with E-state index < -0.39 is 11.7 Å². The standard InChI is InChI=1S/C14H10Cl2FNO/c1-8-2-4-10(13(17)6-8)14(19)18-9-3-5-11(15)12(16)7-9/h2-7H,1H3,(H,18,19). The maximum absolute atomic E-state index is 13.6. The zero-order chi connectivity index (χ0) is 14.0. The Hall–Kier alpha value is -1.58. The van der Waals surface area contributed by atoms with E-state index in [-0.39, 0.29) is 5.56 Å². The number of benzene rings is 2. The van der Waals surface area contributed by atoms with Gasteiger partial charge in [0.05, 0.1) is 15.6 Å². The van der Waals surface area contributed by atoms with Crippen molar-refractivity contribution >= 4 is 34.8 Å². The summed E-state index contributed by atoms with van der Waals surface area (Å²) in [6.45, 7) is 1.75. The predicted octanol–water partition coefficient (Wildman–Crippen LogP) is 4.69. The number of halogens is 3. The Balaban J connectivity index is 2.23. The molecule has 2 aromatic rings. The molecule has 0 fully saturated rings. The molecule has 0 aliphatic heterocycles. The lowest BCUT2D eigenvalue weighted by molar-refractivity contribution is 0.102. The maximum Gasteiger partial charge on any atom is 0.258 e. The van der Waals surface area contributed by atoms with Crippen LogP contribution in [-0.4, -0.2) is 5.91 Å². The molecule has 0 radical (unpaired) electrons. The van der Waals surface area contributed by atoms with Crippen LogP contribution in [-0.2, 0) is 0 Å². The third-order valence-corrected chi connectivity index (χ3v) is 3.29. The normalized spacial score (nSPS) is 10.3. The average molecular weight is 298 g/mol. The van der Waals surface area contributed by atoms with E-state index in [1.54, 1.807) is 25.1 Å². The lowest BCUT2D eigenvalue weighted by Crippen LogP contribution is -2.13. The molecule has 5 heteroatoms. The summed E-state index contributed by atoms with van der Waals surface area (Å²) in [5.74, 6) is -1.09. The van der Waals surface area contributed by atoms with Gasteiger partial charge in [-0.2, -0.15) is 0 Å². The smallest absolute Gasteiger partial charge is 0.258 e. The molecule has 0 atom stereocenters. The SMILES string of the molecule is Cc1ccc(C(=O)Nc2ccc(Cl)c(Cl)c2)c(F)c1. The molecule has 0 spiro atoms. The summed E-state index contributed by atoms with van der Waals surface area (Å²) in [4.78, 5) is 11.9. The Labute approximate surface area is 120 Å². The van der Waals surface area contributed by atoms with Gasteiger partial charge in [0.1, 0.15) is 5.82 Å². The van der Waals surface area contributed by atoms with Crippen LogP contribution in [0.5, 0.6) is 0 Å². The second kappa shape index (κ2) is 5.59. The molecule has 0 saturated heterocycles. The van der Waals surface area contributed by atoms with Gasteiger partial charge in [0.25, 0.3) is 5.91 Å². The number of amides is 1. The molecule has 0 saturated carbocycles. The predicted molar refractivity (Wildman–Crippen MR) is 75.6 cm³/mol. The van der Waals surface area contributed by atoms with Crippen LogP contribution >= 0.6 is 23.2 Å². The molecular formula is C14H10Cl2FNO. The first-order valence-corrected chi connectivity index (χ1v) is 6.25. The molecule has 0 aromatic heterocycles. The quantitative estimate of drug-likeness (QED) is 0.856. The maximum atomic E-state index is 13.6. The second-order valence-corrected chi connectivity index (χ2v) is 4.88. The largest absolute Gasteiger partial charge is 0.322 e. The zero-order valence-corrected chi connectivity index (χ0v) is 11.5. The first-order chi connectivity index (χ1) is 8.97. The van der Waals surface area contributed by atoms with E-state index >= 15 is 0 Å². The summed E-state index contributed by atoms with van der Waals surface area (Å²) < 4.78 is 13.6. The Morgan fingerprint density at radius 3 is 2.47 bits per heavy atom. The molecule has 1 amide bonds. The fraction of sp³-hybridized carbons (Fsp3) is 0.0714. The van der Waals surface area contributed by atoms with Crippen LogP contribution in [0.25, 0.3) is 0 Å². The molecule has 0 aliphatic carbocycles. The van der Waals surface area contributed by atoms with E-state index in [1.165, 1.54) is 18.2 Å². The van der Waals surface area contributed by atoms with Gasteiger partial charge in [-0.05, 0) is 42.8 Å². The number of carbonyl (C=O) groups excluding carboxylic acids is 1. The van der Waals surface area contributed by atoms with E-state index in [0.717, 1.165) is 5.56 Å². The molecule has 19 heavy (non-hydrogen) atoms. The minimum absolute atomic E-state index is 0.0170. The number of hydrogen-bond donors (Lipinski definition) is 1. The second-order valence-electron chi connectivity index (χ2n) is 4.07. The van der Waals surface area contributed by atoms with Gasteiger partial charge in [0.15, 0.2) is 0 Å². The molecule has 1 N–H and O–H groups in total. The van der Waals surface area contributed by atoms with Gasteiger partial charge in [0, 0.05) is 5.69 Å². The highest BCUT2D eigenvalue weighted by Gasteiger charge is 2.12. The van der Waals surface area contributed by atoms with Gasteiger partial charge < -0.3 is 5.32 Å². The molecule has 2 aromatic carbocycles. The van der Waals surface area contributed by atoms with Crippen LogP contribution in [0, 0.1) is 12.7 Å². The van der Waals surface area contributed by atoms with Gasteiger partial charge in [-0.25, -0.2) is 4.39 Å². The Kier molecular flexibility index (Phi) is 4.08. The van der Waals surface area contributed by atoms with Crippen LogP contribution in [0.15, 0.2) is 36.4 Å². The minimum atomic E-state index is -0.558. The van der Waals surface area contributed by atoms with Gasteiger partial charge in [0.2, 0.25) is 0 Å². The van der Waals surface area contributed by atoms with Gasteiger partial charge in [-0.15, -0.1) is 0 Å². The van der Waals surface area contributed by atoms with E-state index in [0.29, 0.717) is 15.7 Å². The highest BCUT2D eigenvalue weighted by Crippen LogP contribution is 2.25. The Morgan fingerprint density at radius 1 is 1.11 bits per heavy atom. The number of rotatable bonds is 2. The van der Waals surface area contributed by atoms with Crippen LogP contribution in [0.4, 0.5) is 10.1 Å². The molecular weight excluding hydrogens is 288 g/mol. The lowest BCUT2D eigenvalue weighted by atomic mass is 10.1. The van der Waals surface area contributed by atoms with E-state index in [2.05, 4.69) is 5.32 Å². The fourth-order valence-corrected chi connectivity index (χ4v) is 1.87. The van der Waals surface area contributed by atoms with Gasteiger partial charge in [-0.1, -0.05) is 29.3 Å². The molecule has 0 aliphatic rings. The Bertz CT molecular complexity index is 643. The zero-order valence-electron chi connectivity index (χ0n) is 10.0. The van der Waals surface area contributed by atoms with E-state index in [9.17, 15) is 9.18 Å². The van der Waals surface area contributed by atoms with Crippen molar-refractivity contribution in [1.29, 1.82) is 0 Å². The number of hydrogen-bond acceptors (Lipinski definition) is 1. The van der Waals surface area contributed by atoms with Crippen molar-refractivity contribution in [1.82, 2.24) is 0 Å². The topological polar surface area (TPSA) is 29.1 Å². The number of aryl methyl sites for hydroxylation is 1. The van der Waals surface area contributed by atoms with Crippen LogP contribution < -0.4 is 5.32 Å². The Morgan fingerprint density at radius 2 is 1.84 bits per heavy atom. The van der Waals surface area contributed by atoms with Crippen molar-refractivity contribution < 1.29 is 9.18 Å². The summed E-state index contributed by atoms with van der Waals surface area (Å²) in [5, 5.41) is 3.28. The summed E-state index contributed by atoms with van der Waals surface area (Å²) in [5.41, 5.74) is 1.19. The van der Waals surface area contributed by atoms with Gasteiger partial charge >= 0.3 is 0 Å². The van der Waals surface area contributed by atoms with Crippen LogP contribution in [0.2, 0.25) is 10.0 Å². The monoisotopic (exact) mass is 297 g/mol. The van der Waals surface area contributed by atoms with Crippen molar-refractivity contribution in [3.8, 4) is 0 Å². The fourth-order valence-electron chi connectivity index (χ4n) is 1.58. The highest BCUT2D eigenvalue weighted by atomic mass is 35.5. The number of nitrogens with one attached hydrogen (secondary N) is 1. The van der Waals surface area contributed by atoms with E-state index in [4.69, 9.17) is 23.2 Å². The van der Waals surface area contributed by atoms with Crippen molar-refractivity contribution in [2.24, 2.45) is 0 Å². The first-order valence-electron chi connectivity index (χ1n) is 5.50. The molecule has 2 nitrogen and oxygen atoms in total. The third kappa shape index (κ3) is 3.25. The molecule has 0 unspecified atom stereocenters. The lowest BCUT2D eigenvalue weighted by Gasteiger charge is -2.07. The van der Waals surface area contributed by atoms with Crippen molar-refractivity contribution in [2.45, 2.75) is 6.92 Å². The third-order valence-electron chi connectivity index (χ3n) is 2.55. The van der Waals surface area contributed by atoms with Crippen molar-refractivity contribution in [3.05, 3.63) is 63.4 Å². The molecule has 0 bridgehead atoms.